The molecule has 0 aliphatic rings. The first-order valence-electron chi connectivity index (χ1n) is 9.66. The van der Waals surface area contributed by atoms with Gasteiger partial charge in [0.25, 0.3) is 5.91 Å². The zero-order valence-electron chi connectivity index (χ0n) is 17.0. The normalized spacial score (nSPS) is 10.7. The fourth-order valence-corrected chi connectivity index (χ4v) is 4.06. The number of aromatic nitrogens is 1. The van der Waals surface area contributed by atoms with Crippen LogP contribution < -0.4 is 16.1 Å². The fraction of sp³-hybridized carbons (Fsp3) is 0. The molecule has 172 valence electrons. The van der Waals surface area contributed by atoms with E-state index in [2.05, 4.69) is 47.9 Å². The van der Waals surface area contributed by atoms with Crippen LogP contribution in [0.1, 0.15) is 10.5 Å². The summed E-state index contributed by atoms with van der Waals surface area (Å²) in [6, 6.07) is 18.3. The number of benzene rings is 3. The van der Waals surface area contributed by atoms with Crippen molar-refractivity contribution in [3.8, 4) is 0 Å². The van der Waals surface area contributed by atoms with E-state index in [0.29, 0.717) is 27.3 Å². The van der Waals surface area contributed by atoms with Crippen molar-refractivity contribution in [1.82, 2.24) is 4.68 Å². The summed E-state index contributed by atoms with van der Waals surface area (Å²) in [5, 5.41) is 6.54. The second kappa shape index (κ2) is 10.2. The van der Waals surface area contributed by atoms with Crippen molar-refractivity contribution in [3.05, 3.63) is 91.4 Å². The van der Waals surface area contributed by atoms with Gasteiger partial charge in [0, 0.05) is 25.7 Å². The number of rotatable bonds is 4. The third kappa shape index (κ3) is 5.44. The van der Waals surface area contributed by atoms with E-state index < -0.39 is 17.7 Å². The van der Waals surface area contributed by atoms with Crippen molar-refractivity contribution in [2.45, 2.75) is 0 Å². The molecule has 0 spiro atoms. The van der Waals surface area contributed by atoms with Gasteiger partial charge < -0.3 is 10.6 Å². The summed E-state index contributed by atoms with van der Waals surface area (Å²) in [4.78, 5) is 38.2. The molecule has 0 bridgehead atoms. The lowest BCUT2D eigenvalue weighted by molar-refractivity contribution is -0.133. The quantitative estimate of drug-likeness (QED) is 0.228. The number of fused-ring (bicyclic) bond motifs is 1. The number of carbonyl (C=O) groups is 3. The zero-order chi connectivity index (χ0) is 24.4. The number of anilines is 2. The van der Waals surface area contributed by atoms with Gasteiger partial charge in [-0.1, -0.05) is 55.1 Å². The van der Waals surface area contributed by atoms with E-state index in [1.54, 1.807) is 60.7 Å². The summed E-state index contributed by atoms with van der Waals surface area (Å²) in [5.41, 5.74) is 3.99. The lowest BCUT2D eigenvalue weighted by Gasteiger charge is -2.13. The molecule has 7 nitrogen and oxygen atoms in total. The molecule has 0 saturated heterocycles. The Morgan fingerprint density at radius 1 is 0.706 bits per heavy atom. The standard InChI is InChI=1S/C23H14Br2Cl2N4O3/c24-13-1-4-15(5-2-13)28-22(33)23(34)30-31-19-8-3-14(25)9-12(19)10-20(31)21(32)29-16-6-7-17(26)18(27)11-16/h1-11H,(H,28,33)(H,29,32)(H,30,34). The Kier molecular flexibility index (Phi) is 7.27. The average molecular weight is 625 g/mol. The van der Waals surface area contributed by atoms with Gasteiger partial charge in [-0.2, -0.15) is 0 Å². The fourth-order valence-electron chi connectivity index (χ4n) is 3.12. The zero-order valence-corrected chi connectivity index (χ0v) is 21.7. The molecular formula is C23H14Br2Cl2N4O3. The number of carbonyl (C=O) groups excluding carboxylic acids is 3. The Morgan fingerprint density at radius 3 is 2.09 bits per heavy atom. The van der Waals surface area contributed by atoms with Crippen LogP contribution in [0.3, 0.4) is 0 Å². The SMILES string of the molecule is O=C(Nc1ccc(Br)cc1)C(=O)Nn1c(C(=O)Nc2ccc(Cl)c(Cl)c2)cc2cc(Br)ccc21. The molecule has 0 saturated carbocycles. The molecule has 0 radical (unpaired) electrons. The number of nitrogens with one attached hydrogen (secondary N) is 3. The molecular weight excluding hydrogens is 611 g/mol. The molecule has 4 rings (SSSR count). The molecule has 0 aliphatic heterocycles. The predicted octanol–water partition coefficient (Wildman–Crippen LogP) is 6.43. The van der Waals surface area contributed by atoms with E-state index in [4.69, 9.17) is 23.2 Å². The summed E-state index contributed by atoms with van der Waals surface area (Å²) in [6.07, 6.45) is 0. The molecule has 0 fully saturated rings. The Hall–Kier alpha value is -2.85. The predicted molar refractivity (Wildman–Crippen MR) is 141 cm³/mol. The maximum Gasteiger partial charge on any atom is 0.328 e. The van der Waals surface area contributed by atoms with Crippen molar-refractivity contribution in [2.24, 2.45) is 0 Å². The molecule has 0 unspecified atom stereocenters. The second-order valence-electron chi connectivity index (χ2n) is 7.05. The second-order valence-corrected chi connectivity index (χ2v) is 9.70. The highest BCUT2D eigenvalue weighted by molar-refractivity contribution is 9.10. The van der Waals surface area contributed by atoms with Crippen LogP contribution in [-0.2, 0) is 9.59 Å². The van der Waals surface area contributed by atoms with Gasteiger partial charge in [0.05, 0.1) is 15.6 Å². The van der Waals surface area contributed by atoms with E-state index in [1.807, 2.05) is 0 Å². The van der Waals surface area contributed by atoms with Crippen LogP contribution in [0.2, 0.25) is 10.0 Å². The van der Waals surface area contributed by atoms with Gasteiger partial charge in [-0.25, -0.2) is 4.68 Å². The molecule has 0 atom stereocenters. The van der Waals surface area contributed by atoms with Gasteiger partial charge >= 0.3 is 11.8 Å². The molecule has 1 aromatic heterocycles. The molecule has 34 heavy (non-hydrogen) atoms. The van der Waals surface area contributed by atoms with Gasteiger partial charge in [0.15, 0.2) is 0 Å². The first kappa shape index (κ1) is 24.3. The summed E-state index contributed by atoms with van der Waals surface area (Å²) in [6.45, 7) is 0. The Bertz CT molecular complexity index is 1440. The monoisotopic (exact) mass is 622 g/mol. The van der Waals surface area contributed by atoms with E-state index in [-0.39, 0.29) is 10.7 Å². The number of halogens is 4. The maximum absolute atomic E-state index is 13.1. The molecule has 3 N–H and O–H groups in total. The molecule has 0 aliphatic carbocycles. The van der Waals surface area contributed by atoms with Crippen molar-refractivity contribution in [2.75, 3.05) is 16.1 Å². The van der Waals surface area contributed by atoms with Gasteiger partial charge in [0.2, 0.25) is 0 Å². The lowest BCUT2D eigenvalue weighted by atomic mass is 10.2. The molecule has 3 amide bonds. The number of nitrogens with zero attached hydrogens (tertiary/aromatic N) is 1. The third-order valence-electron chi connectivity index (χ3n) is 4.70. The largest absolute Gasteiger partial charge is 0.328 e. The first-order chi connectivity index (χ1) is 16.2. The van der Waals surface area contributed by atoms with Crippen molar-refractivity contribution >= 4 is 95.1 Å². The van der Waals surface area contributed by atoms with Gasteiger partial charge in [-0.3, -0.25) is 19.8 Å². The van der Waals surface area contributed by atoms with Crippen molar-refractivity contribution in [3.63, 3.8) is 0 Å². The van der Waals surface area contributed by atoms with Crippen molar-refractivity contribution < 1.29 is 14.4 Å². The minimum Gasteiger partial charge on any atom is -0.321 e. The summed E-state index contributed by atoms with van der Waals surface area (Å²) < 4.78 is 2.88. The lowest BCUT2D eigenvalue weighted by Crippen LogP contribution is -2.36. The Labute approximate surface area is 220 Å². The smallest absolute Gasteiger partial charge is 0.321 e. The average Bonchev–Trinajstić information content (AvgIpc) is 3.15. The van der Waals surface area contributed by atoms with Gasteiger partial charge in [0.1, 0.15) is 5.69 Å². The highest BCUT2D eigenvalue weighted by Crippen LogP contribution is 2.27. The topological polar surface area (TPSA) is 92.2 Å². The highest BCUT2D eigenvalue weighted by Gasteiger charge is 2.21. The molecule has 4 aromatic rings. The number of hydrogen-bond acceptors (Lipinski definition) is 3. The number of hydrogen-bond donors (Lipinski definition) is 3. The Balaban J connectivity index is 1.62. The van der Waals surface area contributed by atoms with Gasteiger partial charge in [-0.15, -0.1) is 0 Å². The van der Waals surface area contributed by atoms with Crippen LogP contribution in [-0.4, -0.2) is 22.4 Å². The molecule has 3 aromatic carbocycles. The Morgan fingerprint density at radius 2 is 1.38 bits per heavy atom. The van der Waals surface area contributed by atoms with Gasteiger partial charge in [-0.05, 0) is 66.7 Å². The van der Waals surface area contributed by atoms with E-state index in [9.17, 15) is 14.4 Å². The molecule has 1 heterocycles. The number of amides is 3. The van der Waals surface area contributed by atoms with Crippen LogP contribution >= 0.6 is 55.1 Å². The van der Waals surface area contributed by atoms with Crippen LogP contribution in [0, 0.1) is 0 Å². The van der Waals surface area contributed by atoms with Crippen LogP contribution in [0.25, 0.3) is 10.9 Å². The van der Waals surface area contributed by atoms with Crippen molar-refractivity contribution in [1.29, 1.82) is 0 Å². The maximum atomic E-state index is 13.1. The van der Waals surface area contributed by atoms with Crippen LogP contribution in [0.5, 0.6) is 0 Å². The minimum absolute atomic E-state index is 0.101. The van der Waals surface area contributed by atoms with E-state index in [0.717, 1.165) is 8.95 Å². The molecule has 11 heteroatoms. The summed E-state index contributed by atoms with van der Waals surface area (Å²) >= 11 is 18.7. The third-order valence-corrected chi connectivity index (χ3v) is 6.46. The summed E-state index contributed by atoms with van der Waals surface area (Å²) in [5.74, 6) is -2.37. The van der Waals surface area contributed by atoms with Crippen LogP contribution in [0.15, 0.2) is 75.7 Å². The van der Waals surface area contributed by atoms with Crippen LogP contribution in [0.4, 0.5) is 11.4 Å². The van der Waals surface area contributed by atoms with E-state index in [1.165, 1.54) is 10.7 Å². The minimum atomic E-state index is -0.952. The van der Waals surface area contributed by atoms with E-state index >= 15 is 0 Å². The summed E-state index contributed by atoms with van der Waals surface area (Å²) in [7, 11) is 0. The first-order valence-corrected chi connectivity index (χ1v) is 12.0. The highest BCUT2D eigenvalue weighted by atomic mass is 79.9.